The van der Waals surface area contributed by atoms with E-state index >= 15 is 0 Å². The normalized spacial score (nSPS) is 14.5. The van der Waals surface area contributed by atoms with Crippen molar-refractivity contribution >= 4 is 11.7 Å². The van der Waals surface area contributed by atoms with Gasteiger partial charge in [0.25, 0.3) is 5.91 Å². The van der Waals surface area contributed by atoms with Gasteiger partial charge in [-0.05, 0) is 30.5 Å². The van der Waals surface area contributed by atoms with Crippen molar-refractivity contribution in [2.24, 2.45) is 0 Å². The van der Waals surface area contributed by atoms with Crippen LogP contribution in [0, 0.1) is 0 Å². The second-order valence-corrected chi connectivity index (χ2v) is 5.68. The van der Waals surface area contributed by atoms with Crippen molar-refractivity contribution < 1.29 is 18.0 Å². The Morgan fingerprint density at radius 2 is 1.92 bits per heavy atom. The van der Waals surface area contributed by atoms with E-state index in [9.17, 15) is 18.0 Å². The Balaban J connectivity index is 1.80. The van der Waals surface area contributed by atoms with Crippen LogP contribution in [0.2, 0.25) is 0 Å². The summed E-state index contributed by atoms with van der Waals surface area (Å²) in [5, 5.41) is 0. The Labute approximate surface area is 136 Å². The van der Waals surface area contributed by atoms with Gasteiger partial charge in [0.1, 0.15) is 17.7 Å². The van der Waals surface area contributed by atoms with E-state index in [1.807, 2.05) is 0 Å². The maximum Gasteiger partial charge on any atom is 0.416 e. The SMILES string of the molecule is Nc1ncncc1C(=O)N(Cc1ccc(C(F)(F)F)cc1)C1CC1. The summed E-state index contributed by atoms with van der Waals surface area (Å²) in [6, 6.07) is 4.88. The number of anilines is 1. The highest BCUT2D eigenvalue weighted by Gasteiger charge is 2.34. The van der Waals surface area contributed by atoms with Gasteiger partial charge in [-0.15, -0.1) is 0 Å². The Hall–Kier alpha value is -2.64. The minimum absolute atomic E-state index is 0.0689. The van der Waals surface area contributed by atoms with Gasteiger partial charge in [0.15, 0.2) is 0 Å². The van der Waals surface area contributed by atoms with Crippen LogP contribution in [0.5, 0.6) is 0 Å². The van der Waals surface area contributed by atoms with Crippen molar-refractivity contribution in [1.29, 1.82) is 0 Å². The van der Waals surface area contributed by atoms with Crippen LogP contribution in [-0.2, 0) is 12.7 Å². The Bertz CT molecular complexity index is 742. The molecular weight excluding hydrogens is 321 g/mol. The van der Waals surface area contributed by atoms with Crippen LogP contribution >= 0.6 is 0 Å². The maximum atomic E-state index is 12.7. The summed E-state index contributed by atoms with van der Waals surface area (Å²) >= 11 is 0. The number of alkyl halides is 3. The molecule has 1 aromatic carbocycles. The molecule has 0 radical (unpaired) electrons. The van der Waals surface area contributed by atoms with Gasteiger partial charge in [-0.1, -0.05) is 12.1 Å². The first-order valence-electron chi connectivity index (χ1n) is 7.39. The number of aromatic nitrogens is 2. The first-order chi connectivity index (χ1) is 11.4. The number of nitrogens with zero attached hydrogens (tertiary/aromatic N) is 3. The van der Waals surface area contributed by atoms with Crippen molar-refractivity contribution in [1.82, 2.24) is 14.9 Å². The summed E-state index contributed by atoms with van der Waals surface area (Å²) in [6.07, 6.45) is -0.0451. The first-order valence-corrected chi connectivity index (χ1v) is 7.39. The lowest BCUT2D eigenvalue weighted by molar-refractivity contribution is -0.137. The van der Waals surface area contributed by atoms with E-state index in [0.29, 0.717) is 5.56 Å². The number of amides is 1. The van der Waals surface area contributed by atoms with E-state index in [-0.39, 0.29) is 29.9 Å². The summed E-state index contributed by atoms with van der Waals surface area (Å²) in [5.41, 5.74) is 5.83. The molecule has 1 aliphatic rings. The number of halogens is 3. The highest BCUT2D eigenvalue weighted by molar-refractivity contribution is 5.98. The lowest BCUT2D eigenvalue weighted by Crippen LogP contribution is -2.33. The van der Waals surface area contributed by atoms with E-state index in [4.69, 9.17) is 5.73 Å². The summed E-state index contributed by atoms with van der Waals surface area (Å²) < 4.78 is 37.9. The summed E-state index contributed by atoms with van der Waals surface area (Å²) in [7, 11) is 0. The average Bonchev–Trinajstić information content (AvgIpc) is 3.37. The van der Waals surface area contributed by atoms with E-state index < -0.39 is 11.7 Å². The molecule has 0 bridgehead atoms. The molecule has 1 saturated carbocycles. The Morgan fingerprint density at radius 3 is 2.46 bits per heavy atom. The van der Waals surface area contributed by atoms with Gasteiger partial charge < -0.3 is 10.6 Å². The molecule has 1 heterocycles. The minimum Gasteiger partial charge on any atom is -0.383 e. The molecule has 2 aromatic rings. The number of carbonyl (C=O) groups excluding carboxylic acids is 1. The number of nitrogens with two attached hydrogens (primary N) is 1. The second-order valence-electron chi connectivity index (χ2n) is 5.68. The molecule has 1 amide bonds. The van der Waals surface area contributed by atoms with Gasteiger partial charge in [-0.25, -0.2) is 9.97 Å². The third-order valence-electron chi connectivity index (χ3n) is 3.86. The van der Waals surface area contributed by atoms with Crippen LogP contribution in [0.15, 0.2) is 36.8 Å². The fourth-order valence-electron chi connectivity index (χ4n) is 2.41. The zero-order valence-electron chi connectivity index (χ0n) is 12.6. The molecule has 0 saturated heterocycles. The van der Waals surface area contributed by atoms with Gasteiger partial charge in [-0.3, -0.25) is 4.79 Å². The molecule has 0 atom stereocenters. The fourth-order valence-corrected chi connectivity index (χ4v) is 2.41. The minimum atomic E-state index is -4.37. The van der Waals surface area contributed by atoms with Crippen molar-refractivity contribution in [3.05, 3.63) is 53.5 Å². The van der Waals surface area contributed by atoms with Crippen LogP contribution < -0.4 is 5.73 Å². The predicted octanol–water partition coefficient (Wildman–Crippen LogP) is 2.88. The van der Waals surface area contributed by atoms with Gasteiger partial charge >= 0.3 is 6.18 Å². The van der Waals surface area contributed by atoms with E-state index in [2.05, 4.69) is 9.97 Å². The van der Waals surface area contributed by atoms with Crippen LogP contribution in [-0.4, -0.2) is 26.8 Å². The number of hydrogen-bond donors (Lipinski definition) is 1. The summed E-state index contributed by atoms with van der Waals surface area (Å²) in [5.74, 6) is -0.219. The molecule has 0 unspecified atom stereocenters. The molecule has 24 heavy (non-hydrogen) atoms. The lowest BCUT2D eigenvalue weighted by Gasteiger charge is -2.23. The Morgan fingerprint density at radius 1 is 1.25 bits per heavy atom. The molecule has 1 aromatic heterocycles. The van der Waals surface area contributed by atoms with E-state index in [1.165, 1.54) is 24.7 Å². The van der Waals surface area contributed by atoms with Crippen molar-refractivity contribution in [3.8, 4) is 0 Å². The second kappa shape index (κ2) is 6.10. The monoisotopic (exact) mass is 336 g/mol. The average molecular weight is 336 g/mol. The van der Waals surface area contributed by atoms with Gasteiger partial charge in [-0.2, -0.15) is 13.2 Å². The highest BCUT2D eigenvalue weighted by atomic mass is 19.4. The largest absolute Gasteiger partial charge is 0.416 e. The standard InChI is InChI=1S/C16H15F3N4O/c17-16(18,19)11-3-1-10(2-4-11)8-23(12-5-6-12)15(24)13-7-21-9-22-14(13)20/h1-4,7,9,12H,5-6,8H2,(H2,20,21,22). The van der Waals surface area contributed by atoms with Gasteiger partial charge in [0.2, 0.25) is 0 Å². The fraction of sp³-hybridized carbons (Fsp3) is 0.312. The van der Waals surface area contributed by atoms with Gasteiger partial charge in [0, 0.05) is 18.8 Å². The molecule has 5 nitrogen and oxygen atoms in total. The van der Waals surface area contributed by atoms with E-state index in [1.54, 1.807) is 4.90 Å². The summed E-state index contributed by atoms with van der Waals surface area (Å²) in [6.45, 7) is 0.218. The molecule has 126 valence electrons. The molecule has 0 spiro atoms. The molecule has 8 heteroatoms. The lowest BCUT2D eigenvalue weighted by atomic mass is 10.1. The molecule has 3 rings (SSSR count). The smallest absolute Gasteiger partial charge is 0.383 e. The zero-order valence-corrected chi connectivity index (χ0v) is 12.6. The third-order valence-corrected chi connectivity index (χ3v) is 3.86. The topological polar surface area (TPSA) is 72.1 Å². The first kappa shape index (κ1) is 16.2. The van der Waals surface area contributed by atoms with Crippen molar-refractivity contribution in [2.45, 2.75) is 31.6 Å². The summed E-state index contributed by atoms with van der Waals surface area (Å²) in [4.78, 5) is 21.9. The van der Waals surface area contributed by atoms with Crippen LogP contribution in [0.3, 0.4) is 0 Å². The molecule has 1 aliphatic carbocycles. The Kier molecular flexibility index (Phi) is 4.13. The molecular formula is C16H15F3N4O. The molecule has 2 N–H and O–H groups in total. The van der Waals surface area contributed by atoms with Crippen LogP contribution in [0.4, 0.5) is 19.0 Å². The van der Waals surface area contributed by atoms with Crippen molar-refractivity contribution in [2.75, 3.05) is 5.73 Å². The molecule has 0 aliphatic heterocycles. The highest BCUT2D eigenvalue weighted by Crippen LogP contribution is 2.32. The quantitative estimate of drug-likeness (QED) is 0.932. The third kappa shape index (κ3) is 3.47. The number of rotatable bonds is 4. The number of nitrogen functional groups attached to an aromatic ring is 1. The molecule has 1 fully saturated rings. The van der Waals surface area contributed by atoms with Crippen LogP contribution in [0.25, 0.3) is 0 Å². The van der Waals surface area contributed by atoms with Crippen LogP contribution in [0.1, 0.15) is 34.3 Å². The van der Waals surface area contributed by atoms with Gasteiger partial charge in [0.05, 0.1) is 5.56 Å². The number of carbonyl (C=O) groups is 1. The number of hydrogen-bond acceptors (Lipinski definition) is 4. The predicted molar refractivity (Wildman–Crippen MR) is 80.8 cm³/mol. The number of benzene rings is 1. The van der Waals surface area contributed by atoms with Crippen molar-refractivity contribution in [3.63, 3.8) is 0 Å². The zero-order chi connectivity index (χ0) is 17.3. The maximum absolute atomic E-state index is 12.7. The van der Waals surface area contributed by atoms with E-state index in [0.717, 1.165) is 25.0 Å².